The number of aliphatic hydroxyl groups is 2. The van der Waals surface area contributed by atoms with Crippen LogP contribution in [0.2, 0.25) is 0 Å². The highest BCUT2D eigenvalue weighted by Crippen LogP contribution is 2.21. The number of allylic oxidation sites excluding steroid dienone is 1. The van der Waals surface area contributed by atoms with Crippen LogP contribution in [0.15, 0.2) is 11.6 Å². The van der Waals surface area contributed by atoms with Gasteiger partial charge in [0.25, 0.3) is 0 Å². The lowest BCUT2D eigenvalue weighted by Crippen LogP contribution is -2.08. The van der Waals surface area contributed by atoms with Gasteiger partial charge < -0.3 is 10.2 Å². The van der Waals surface area contributed by atoms with Crippen LogP contribution in [0.1, 0.15) is 38.5 Å². The summed E-state index contributed by atoms with van der Waals surface area (Å²) >= 11 is 0. The lowest BCUT2D eigenvalue weighted by molar-refractivity contribution is 0.201. The van der Waals surface area contributed by atoms with Gasteiger partial charge in [0.2, 0.25) is 0 Å². The third-order valence-electron chi connectivity index (χ3n) is 2.33. The molecular formula is C10H18O2. The van der Waals surface area contributed by atoms with Gasteiger partial charge in [0.15, 0.2) is 0 Å². The molecule has 70 valence electrons. The van der Waals surface area contributed by atoms with E-state index in [9.17, 15) is 5.11 Å². The van der Waals surface area contributed by atoms with Crippen LogP contribution in [0.4, 0.5) is 0 Å². The van der Waals surface area contributed by atoms with E-state index in [0.29, 0.717) is 0 Å². The lowest BCUT2D eigenvalue weighted by Gasteiger charge is -2.16. The first-order chi connectivity index (χ1) is 5.83. The van der Waals surface area contributed by atoms with Crippen LogP contribution in [0, 0.1) is 0 Å². The minimum absolute atomic E-state index is 0.206. The molecule has 2 N–H and O–H groups in total. The molecule has 2 nitrogen and oxygen atoms in total. The van der Waals surface area contributed by atoms with Crippen LogP contribution >= 0.6 is 0 Å². The van der Waals surface area contributed by atoms with Gasteiger partial charge in [-0.15, -0.1) is 0 Å². The van der Waals surface area contributed by atoms with E-state index in [4.69, 9.17) is 5.11 Å². The van der Waals surface area contributed by atoms with E-state index < -0.39 is 0 Å². The molecule has 0 aromatic carbocycles. The van der Waals surface area contributed by atoms with Crippen molar-refractivity contribution in [1.29, 1.82) is 0 Å². The van der Waals surface area contributed by atoms with Gasteiger partial charge in [0, 0.05) is 6.61 Å². The highest BCUT2D eigenvalue weighted by molar-refractivity contribution is 5.08. The number of aliphatic hydroxyl groups excluding tert-OH is 2. The average Bonchev–Trinajstić information content (AvgIpc) is 2.05. The molecule has 1 aliphatic rings. The Bertz CT molecular complexity index is 152. The van der Waals surface area contributed by atoms with E-state index in [1.54, 1.807) is 0 Å². The predicted octanol–water partition coefficient (Wildman–Crippen LogP) is 1.62. The largest absolute Gasteiger partial charge is 0.396 e. The lowest BCUT2D eigenvalue weighted by atomic mass is 9.94. The smallest absolute Gasteiger partial charge is 0.0723 e. The zero-order valence-electron chi connectivity index (χ0n) is 7.50. The summed E-state index contributed by atoms with van der Waals surface area (Å²) < 4.78 is 0. The standard InChI is InChI=1S/C10H18O2/c11-7-2-1-4-9-5-3-6-10(12)8-9/h8,10-12H,1-7H2. The number of unbranched alkanes of at least 4 members (excludes halogenated alkanes) is 1. The summed E-state index contributed by atoms with van der Waals surface area (Å²) in [5.74, 6) is 0. The molecule has 0 heterocycles. The second-order valence-electron chi connectivity index (χ2n) is 3.47. The molecule has 1 unspecified atom stereocenters. The highest BCUT2D eigenvalue weighted by atomic mass is 16.3. The van der Waals surface area contributed by atoms with Gasteiger partial charge in [0.05, 0.1) is 6.10 Å². The van der Waals surface area contributed by atoms with Gasteiger partial charge in [0.1, 0.15) is 0 Å². The summed E-state index contributed by atoms with van der Waals surface area (Å²) in [6, 6.07) is 0. The third kappa shape index (κ3) is 3.37. The Morgan fingerprint density at radius 3 is 2.92 bits per heavy atom. The first-order valence-corrected chi connectivity index (χ1v) is 4.81. The summed E-state index contributed by atoms with van der Waals surface area (Å²) in [5.41, 5.74) is 1.38. The fourth-order valence-electron chi connectivity index (χ4n) is 1.65. The molecule has 0 amide bonds. The first kappa shape index (κ1) is 9.75. The van der Waals surface area contributed by atoms with E-state index in [2.05, 4.69) is 0 Å². The van der Waals surface area contributed by atoms with Crippen molar-refractivity contribution in [3.63, 3.8) is 0 Å². The number of hydrogen-bond acceptors (Lipinski definition) is 2. The van der Waals surface area contributed by atoms with Crippen molar-refractivity contribution in [3.05, 3.63) is 11.6 Å². The summed E-state index contributed by atoms with van der Waals surface area (Å²) in [4.78, 5) is 0. The number of hydrogen-bond donors (Lipinski definition) is 2. The van der Waals surface area contributed by atoms with Crippen LogP contribution in [0.25, 0.3) is 0 Å². The normalized spacial score (nSPS) is 23.8. The van der Waals surface area contributed by atoms with Crippen molar-refractivity contribution in [2.45, 2.75) is 44.6 Å². The fourth-order valence-corrected chi connectivity index (χ4v) is 1.65. The fraction of sp³-hybridized carbons (Fsp3) is 0.800. The molecular weight excluding hydrogens is 152 g/mol. The van der Waals surface area contributed by atoms with E-state index in [-0.39, 0.29) is 12.7 Å². The van der Waals surface area contributed by atoms with E-state index in [1.165, 1.54) is 5.57 Å². The molecule has 2 heteroatoms. The predicted molar refractivity (Wildman–Crippen MR) is 48.9 cm³/mol. The van der Waals surface area contributed by atoms with Gasteiger partial charge in [-0.25, -0.2) is 0 Å². The SMILES string of the molecule is OCCCCC1=CC(O)CCC1. The minimum atomic E-state index is -0.206. The molecule has 1 atom stereocenters. The molecule has 1 aliphatic carbocycles. The number of rotatable bonds is 4. The van der Waals surface area contributed by atoms with Crippen molar-refractivity contribution in [1.82, 2.24) is 0 Å². The van der Waals surface area contributed by atoms with Gasteiger partial charge in [-0.1, -0.05) is 11.6 Å². The molecule has 0 aromatic rings. The molecule has 0 spiro atoms. The Morgan fingerprint density at radius 1 is 1.42 bits per heavy atom. The molecule has 0 aliphatic heterocycles. The molecule has 0 saturated heterocycles. The van der Waals surface area contributed by atoms with Crippen molar-refractivity contribution < 1.29 is 10.2 Å². The molecule has 0 bridgehead atoms. The van der Waals surface area contributed by atoms with Crippen molar-refractivity contribution in [2.75, 3.05) is 6.61 Å². The zero-order valence-corrected chi connectivity index (χ0v) is 7.50. The second-order valence-corrected chi connectivity index (χ2v) is 3.47. The maximum atomic E-state index is 9.31. The van der Waals surface area contributed by atoms with Crippen LogP contribution in [0.3, 0.4) is 0 Å². The van der Waals surface area contributed by atoms with Gasteiger partial charge in [-0.2, -0.15) is 0 Å². The molecule has 0 saturated carbocycles. The Morgan fingerprint density at radius 2 is 2.25 bits per heavy atom. The second kappa shape index (κ2) is 5.33. The Balaban J connectivity index is 2.21. The van der Waals surface area contributed by atoms with Crippen LogP contribution in [-0.4, -0.2) is 22.9 Å². The average molecular weight is 170 g/mol. The Labute approximate surface area is 73.9 Å². The van der Waals surface area contributed by atoms with Crippen molar-refractivity contribution >= 4 is 0 Å². The van der Waals surface area contributed by atoms with Crippen LogP contribution in [0.5, 0.6) is 0 Å². The summed E-state index contributed by atoms with van der Waals surface area (Å²) in [7, 11) is 0. The first-order valence-electron chi connectivity index (χ1n) is 4.81. The maximum absolute atomic E-state index is 9.31. The Hall–Kier alpha value is -0.340. The summed E-state index contributed by atoms with van der Waals surface area (Å²) in [5, 5.41) is 17.9. The van der Waals surface area contributed by atoms with Crippen LogP contribution < -0.4 is 0 Å². The molecule has 0 radical (unpaired) electrons. The van der Waals surface area contributed by atoms with Gasteiger partial charge in [-0.3, -0.25) is 0 Å². The van der Waals surface area contributed by atoms with Crippen LogP contribution in [-0.2, 0) is 0 Å². The topological polar surface area (TPSA) is 40.5 Å². The highest BCUT2D eigenvalue weighted by Gasteiger charge is 2.09. The van der Waals surface area contributed by atoms with Gasteiger partial charge in [-0.05, 0) is 38.5 Å². The summed E-state index contributed by atoms with van der Waals surface area (Å²) in [6.07, 6.45) is 7.95. The maximum Gasteiger partial charge on any atom is 0.0723 e. The minimum Gasteiger partial charge on any atom is -0.396 e. The monoisotopic (exact) mass is 170 g/mol. The van der Waals surface area contributed by atoms with E-state index in [1.807, 2.05) is 6.08 Å². The van der Waals surface area contributed by atoms with E-state index in [0.717, 1.165) is 38.5 Å². The molecule has 1 rings (SSSR count). The summed E-state index contributed by atoms with van der Waals surface area (Å²) in [6.45, 7) is 0.288. The van der Waals surface area contributed by atoms with Crippen molar-refractivity contribution in [2.24, 2.45) is 0 Å². The van der Waals surface area contributed by atoms with Crippen molar-refractivity contribution in [3.8, 4) is 0 Å². The quantitative estimate of drug-likeness (QED) is 0.497. The third-order valence-corrected chi connectivity index (χ3v) is 2.33. The van der Waals surface area contributed by atoms with Gasteiger partial charge >= 0.3 is 0 Å². The molecule has 12 heavy (non-hydrogen) atoms. The Kier molecular flexibility index (Phi) is 4.33. The zero-order chi connectivity index (χ0) is 8.81. The molecule has 0 fully saturated rings. The van der Waals surface area contributed by atoms with E-state index >= 15 is 0 Å². The molecule has 0 aromatic heterocycles.